The number of rotatable bonds is 7. The van der Waals surface area contributed by atoms with E-state index in [9.17, 15) is 4.79 Å². The molecule has 2 aromatic heterocycles. The number of aliphatic imine (C=N–C) groups is 1. The molecule has 0 bridgehead atoms. The first kappa shape index (κ1) is 20.2. The molecule has 8 nitrogen and oxygen atoms in total. The van der Waals surface area contributed by atoms with Crippen molar-refractivity contribution in [3.63, 3.8) is 0 Å². The van der Waals surface area contributed by atoms with Crippen LogP contribution in [0.1, 0.15) is 40.2 Å². The van der Waals surface area contributed by atoms with Gasteiger partial charge >= 0.3 is 0 Å². The van der Waals surface area contributed by atoms with Gasteiger partial charge in [-0.2, -0.15) is 5.10 Å². The first-order valence-electron chi connectivity index (χ1n) is 9.50. The molecule has 2 heterocycles. The fraction of sp³-hybridized carbons (Fsp3) is 0.286. The van der Waals surface area contributed by atoms with Gasteiger partial charge < -0.3 is 20.8 Å². The average Bonchev–Trinajstić information content (AvgIpc) is 3.30. The zero-order chi connectivity index (χ0) is 20.8. The maximum atomic E-state index is 11.2. The Balaban J connectivity index is 1.75. The molecule has 0 aliphatic heterocycles. The summed E-state index contributed by atoms with van der Waals surface area (Å²) in [5.74, 6) is 0.806. The maximum Gasteiger partial charge on any atom is 0.284 e. The van der Waals surface area contributed by atoms with Gasteiger partial charge in [-0.25, -0.2) is 9.67 Å². The van der Waals surface area contributed by atoms with Crippen LogP contribution in [0.2, 0.25) is 0 Å². The van der Waals surface area contributed by atoms with Crippen LogP contribution in [0.3, 0.4) is 0 Å². The first-order chi connectivity index (χ1) is 14.0. The number of para-hydroxylation sites is 1. The molecule has 0 unspecified atom stereocenters. The van der Waals surface area contributed by atoms with Crippen LogP contribution in [-0.4, -0.2) is 28.2 Å². The van der Waals surface area contributed by atoms with E-state index in [4.69, 9.17) is 10.2 Å². The third-order valence-corrected chi connectivity index (χ3v) is 4.32. The molecule has 0 spiro atoms. The number of nitrogens with two attached hydrogens (primary N) is 1. The van der Waals surface area contributed by atoms with Gasteiger partial charge in [0, 0.05) is 12.2 Å². The number of hydrogen-bond acceptors (Lipinski definition) is 4. The molecule has 0 fully saturated rings. The van der Waals surface area contributed by atoms with Crippen LogP contribution in [0.4, 0.5) is 0 Å². The largest absolute Gasteiger partial charge is 0.454 e. The Bertz CT molecular complexity index is 1020. The van der Waals surface area contributed by atoms with Gasteiger partial charge in [-0.15, -0.1) is 0 Å². The van der Waals surface area contributed by atoms with Crippen LogP contribution < -0.4 is 16.4 Å². The highest BCUT2D eigenvalue weighted by atomic mass is 16.3. The lowest BCUT2D eigenvalue weighted by atomic mass is 10.2. The number of aromatic nitrogens is 2. The second-order valence-electron chi connectivity index (χ2n) is 6.65. The highest BCUT2D eigenvalue weighted by Crippen LogP contribution is 2.17. The molecule has 1 amide bonds. The number of nitrogens with one attached hydrogen (secondary N) is 2. The van der Waals surface area contributed by atoms with Crippen molar-refractivity contribution < 1.29 is 9.21 Å². The summed E-state index contributed by atoms with van der Waals surface area (Å²) >= 11 is 0. The van der Waals surface area contributed by atoms with E-state index in [1.54, 1.807) is 12.1 Å². The minimum atomic E-state index is -0.586. The van der Waals surface area contributed by atoms with Gasteiger partial charge in [-0.1, -0.05) is 18.2 Å². The summed E-state index contributed by atoms with van der Waals surface area (Å²) in [7, 11) is 0. The normalized spacial score (nSPS) is 11.5. The molecular formula is C21H26N6O2. The standard InChI is InChI=1S/C21H26N6O2/c1-4-23-21(25-13-17-9-10-19(29-17)20(22)28)24-12-16-7-5-6-8-18(16)27-15(3)11-14(2)26-27/h5-11H,4,12-13H2,1-3H3,(H2,22,28)(H2,23,24,25). The van der Waals surface area contributed by atoms with E-state index in [0.717, 1.165) is 29.2 Å². The smallest absolute Gasteiger partial charge is 0.284 e. The van der Waals surface area contributed by atoms with E-state index in [0.29, 0.717) is 24.8 Å². The molecule has 3 rings (SSSR count). The third-order valence-electron chi connectivity index (χ3n) is 4.32. The number of hydrogen-bond donors (Lipinski definition) is 3. The Labute approximate surface area is 169 Å². The first-order valence-corrected chi connectivity index (χ1v) is 9.50. The Kier molecular flexibility index (Phi) is 6.33. The van der Waals surface area contributed by atoms with Gasteiger partial charge in [-0.05, 0) is 50.6 Å². The van der Waals surface area contributed by atoms with E-state index in [2.05, 4.69) is 26.8 Å². The molecule has 0 aliphatic carbocycles. The van der Waals surface area contributed by atoms with Crippen molar-refractivity contribution in [2.45, 2.75) is 33.9 Å². The number of guanidine groups is 1. The minimum absolute atomic E-state index is 0.141. The maximum absolute atomic E-state index is 11.2. The SMILES string of the molecule is CCNC(=NCc1ccccc1-n1nc(C)cc1C)NCc1ccc(C(N)=O)o1. The summed E-state index contributed by atoms with van der Waals surface area (Å²) < 4.78 is 7.34. The molecule has 29 heavy (non-hydrogen) atoms. The Morgan fingerprint density at radius 2 is 2.00 bits per heavy atom. The highest BCUT2D eigenvalue weighted by molar-refractivity contribution is 5.89. The zero-order valence-corrected chi connectivity index (χ0v) is 16.9. The van der Waals surface area contributed by atoms with Crippen LogP contribution in [0.5, 0.6) is 0 Å². The Morgan fingerprint density at radius 3 is 2.66 bits per heavy atom. The average molecular weight is 394 g/mol. The lowest BCUT2D eigenvalue weighted by molar-refractivity contribution is 0.0972. The van der Waals surface area contributed by atoms with Gasteiger partial charge in [0.25, 0.3) is 5.91 Å². The van der Waals surface area contributed by atoms with Crippen LogP contribution in [0.25, 0.3) is 5.69 Å². The summed E-state index contributed by atoms with van der Waals surface area (Å²) in [5, 5.41) is 11.0. The topological polar surface area (TPSA) is 110 Å². The van der Waals surface area contributed by atoms with Gasteiger partial charge in [0.2, 0.25) is 0 Å². The van der Waals surface area contributed by atoms with Gasteiger partial charge in [0.1, 0.15) is 5.76 Å². The molecule has 0 aliphatic rings. The fourth-order valence-corrected chi connectivity index (χ4v) is 3.01. The molecule has 4 N–H and O–H groups in total. The van der Waals surface area contributed by atoms with Crippen molar-refractivity contribution in [2.75, 3.05) is 6.54 Å². The predicted molar refractivity (Wildman–Crippen MR) is 112 cm³/mol. The van der Waals surface area contributed by atoms with Crippen LogP contribution in [-0.2, 0) is 13.1 Å². The number of benzene rings is 1. The molecule has 152 valence electrons. The van der Waals surface area contributed by atoms with E-state index < -0.39 is 5.91 Å². The number of aryl methyl sites for hydroxylation is 2. The number of carbonyl (C=O) groups excluding carboxylic acids is 1. The van der Waals surface area contributed by atoms with Crippen molar-refractivity contribution in [3.8, 4) is 5.69 Å². The van der Waals surface area contributed by atoms with Crippen molar-refractivity contribution in [1.82, 2.24) is 20.4 Å². The number of primary amides is 1. The predicted octanol–water partition coefficient (Wildman–Crippen LogP) is 2.44. The lowest BCUT2D eigenvalue weighted by Gasteiger charge is -2.12. The fourth-order valence-electron chi connectivity index (χ4n) is 3.01. The Hall–Kier alpha value is -3.55. The van der Waals surface area contributed by atoms with Crippen molar-refractivity contribution in [1.29, 1.82) is 0 Å². The molecule has 3 aromatic rings. The molecule has 0 saturated heterocycles. The van der Waals surface area contributed by atoms with E-state index in [-0.39, 0.29) is 5.76 Å². The number of furan rings is 1. The van der Waals surface area contributed by atoms with Gasteiger partial charge in [-0.3, -0.25) is 4.79 Å². The minimum Gasteiger partial charge on any atom is -0.454 e. The number of carbonyl (C=O) groups is 1. The zero-order valence-electron chi connectivity index (χ0n) is 16.9. The van der Waals surface area contributed by atoms with Crippen molar-refractivity contribution in [3.05, 3.63) is 70.9 Å². The monoisotopic (exact) mass is 394 g/mol. The highest BCUT2D eigenvalue weighted by Gasteiger charge is 2.10. The second-order valence-corrected chi connectivity index (χ2v) is 6.65. The van der Waals surface area contributed by atoms with Crippen LogP contribution in [0.15, 0.2) is 51.9 Å². The van der Waals surface area contributed by atoms with Crippen molar-refractivity contribution >= 4 is 11.9 Å². The van der Waals surface area contributed by atoms with Crippen LogP contribution in [0, 0.1) is 13.8 Å². The quantitative estimate of drug-likeness (QED) is 0.421. The second kappa shape index (κ2) is 9.09. The Morgan fingerprint density at radius 1 is 1.21 bits per heavy atom. The number of nitrogens with zero attached hydrogens (tertiary/aromatic N) is 3. The third kappa shape index (κ3) is 5.04. The molecule has 1 aromatic carbocycles. The summed E-state index contributed by atoms with van der Waals surface area (Å²) in [6.07, 6.45) is 0. The van der Waals surface area contributed by atoms with E-state index >= 15 is 0 Å². The van der Waals surface area contributed by atoms with Gasteiger partial charge in [0.15, 0.2) is 11.7 Å². The number of amides is 1. The molecule has 0 saturated carbocycles. The van der Waals surface area contributed by atoms with Gasteiger partial charge in [0.05, 0.1) is 24.5 Å². The summed E-state index contributed by atoms with van der Waals surface area (Å²) in [6.45, 7) is 7.60. The van der Waals surface area contributed by atoms with Crippen molar-refractivity contribution in [2.24, 2.45) is 10.7 Å². The summed E-state index contributed by atoms with van der Waals surface area (Å²) in [6, 6.07) is 13.4. The molecule has 0 radical (unpaired) electrons. The molecule has 0 atom stereocenters. The molecule has 8 heteroatoms. The summed E-state index contributed by atoms with van der Waals surface area (Å²) in [5.41, 5.74) is 9.34. The van der Waals surface area contributed by atoms with Crippen LogP contribution >= 0.6 is 0 Å². The van der Waals surface area contributed by atoms with E-state index in [1.165, 1.54) is 0 Å². The summed E-state index contributed by atoms with van der Waals surface area (Å²) in [4.78, 5) is 15.8. The molecular weight excluding hydrogens is 368 g/mol. The lowest BCUT2D eigenvalue weighted by Crippen LogP contribution is -2.36. The van der Waals surface area contributed by atoms with E-state index in [1.807, 2.05) is 49.7 Å².